The molecule has 2 rings (SSSR count). The van der Waals surface area contributed by atoms with E-state index in [4.69, 9.17) is 5.73 Å². The van der Waals surface area contributed by atoms with E-state index in [0.29, 0.717) is 12.4 Å². The third kappa shape index (κ3) is 3.09. The van der Waals surface area contributed by atoms with Crippen LogP contribution in [0.15, 0.2) is 30.5 Å². The van der Waals surface area contributed by atoms with E-state index in [-0.39, 0.29) is 5.75 Å². The predicted molar refractivity (Wildman–Crippen MR) is 71.5 cm³/mol. The van der Waals surface area contributed by atoms with E-state index in [1.807, 2.05) is 0 Å². The minimum absolute atomic E-state index is 0.136. The Kier molecular flexibility index (Phi) is 4.00. The molecule has 2 N–H and O–H groups in total. The summed E-state index contributed by atoms with van der Waals surface area (Å²) in [7, 11) is 0. The van der Waals surface area contributed by atoms with Gasteiger partial charge in [0.25, 0.3) is 0 Å². The fourth-order valence-electron chi connectivity index (χ4n) is 1.45. The highest BCUT2D eigenvalue weighted by Gasteiger charge is 2.06. The van der Waals surface area contributed by atoms with Gasteiger partial charge in [-0.05, 0) is 40.3 Å². The number of halogens is 3. The number of rotatable bonds is 4. The first-order chi connectivity index (χ1) is 8.56. The van der Waals surface area contributed by atoms with Crippen molar-refractivity contribution in [1.82, 2.24) is 9.78 Å². The Morgan fingerprint density at radius 1 is 1.33 bits per heavy atom. The predicted octanol–water partition coefficient (Wildman–Crippen LogP) is 2.72. The van der Waals surface area contributed by atoms with Gasteiger partial charge in [0.1, 0.15) is 11.6 Å². The van der Waals surface area contributed by atoms with E-state index in [1.54, 1.807) is 23.0 Å². The lowest BCUT2D eigenvalue weighted by molar-refractivity contribution is -0.0498. The SMILES string of the molecule is Nc1c(I)cnn1Cc1ccc(OC(F)F)cc1. The van der Waals surface area contributed by atoms with Gasteiger partial charge < -0.3 is 10.5 Å². The topological polar surface area (TPSA) is 53.1 Å². The van der Waals surface area contributed by atoms with Crippen LogP contribution in [0, 0.1) is 3.57 Å². The van der Waals surface area contributed by atoms with Crippen LogP contribution < -0.4 is 10.5 Å². The maximum Gasteiger partial charge on any atom is 0.387 e. The Labute approximate surface area is 116 Å². The van der Waals surface area contributed by atoms with Crippen molar-refractivity contribution in [2.45, 2.75) is 13.2 Å². The van der Waals surface area contributed by atoms with Crippen LogP contribution in [-0.2, 0) is 6.54 Å². The van der Waals surface area contributed by atoms with Gasteiger partial charge in [-0.25, -0.2) is 4.68 Å². The summed E-state index contributed by atoms with van der Waals surface area (Å²) in [5, 5.41) is 4.11. The molecular formula is C11H10F2IN3O. The smallest absolute Gasteiger partial charge is 0.387 e. The lowest BCUT2D eigenvalue weighted by Crippen LogP contribution is -2.06. The average molecular weight is 365 g/mol. The molecule has 7 heteroatoms. The first kappa shape index (κ1) is 13.1. The highest BCUT2D eigenvalue weighted by atomic mass is 127. The van der Waals surface area contributed by atoms with E-state index in [2.05, 4.69) is 32.4 Å². The molecule has 0 radical (unpaired) electrons. The number of hydrogen-bond donors (Lipinski definition) is 1. The molecule has 0 aliphatic carbocycles. The highest BCUT2D eigenvalue weighted by Crippen LogP contribution is 2.18. The average Bonchev–Trinajstić information content (AvgIpc) is 2.63. The van der Waals surface area contributed by atoms with Crippen LogP contribution in [0.1, 0.15) is 5.56 Å². The van der Waals surface area contributed by atoms with Crippen LogP contribution in [-0.4, -0.2) is 16.4 Å². The second-order valence-electron chi connectivity index (χ2n) is 3.56. The minimum atomic E-state index is -2.81. The van der Waals surface area contributed by atoms with E-state index < -0.39 is 6.61 Å². The van der Waals surface area contributed by atoms with Crippen molar-refractivity contribution in [1.29, 1.82) is 0 Å². The Balaban J connectivity index is 2.08. The second kappa shape index (κ2) is 5.51. The van der Waals surface area contributed by atoms with Crippen LogP contribution in [0.5, 0.6) is 5.75 Å². The first-order valence-electron chi connectivity index (χ1n) is 5.07. The van der Waals surface area contributed by atoms with Gasteiger partial charge in [-0.3, -0.25) is 0 Å². The van der Waals surface area contributed by atoms with Crippen molar-refractivity contribution in [3.63, 3.8) is 0 Å². The number of aromatic nitrogens is 2. The van der Waals surface area contributed by atoms with Gasteiger partial charge in [0.2, 0.25) is 0 Å². The highest BCUT2D eigenvalue weighted by molar-refractivity contribution is 14.1. The van der Waals surface area contributed by atoms with Gasteiger partial charge in [0, 0.05) is 0 Å². The normalized spacial score (nSPS) is 10.9. The molecule has 0 bridgehead atoms. The molecule has 4 nitrogen and oxygen atoms in total. The number of benzene rings is 1. The molecule has 2 aromatic rings. The molecular weight excluding hydrogens is 355 g/mol. The molecule has 96 valence electrons. The quantitative estimate of drug-likeness (QED) is 0.848. The lowest BCUT2D eigenvalue weighted by atomic mass is 10.2. The molecule has 0 saturated heterocycles. The van der Waals surface area contributed by atoms with Crippen LogP contribution in [0.2, 0.25) is 0 Å². The molecule has 0 atom stereocenters. The van der Waals surface area contributed by atoms with Gasteiger partial charge >= 0.3 is 6.61 Å². The lowest BCUT2D eigenvalue weighted by Gasteiger charge is -2.07. The van der Waals surface area contributed by atoms with Gasteiger partial charge in [-0.2, -0.15) is 13.9 Å². The van der Waals surface area contributed by atoms with Gasteiger partial charge in [0.05, 0.1) is 16.3 Å². The molecule has 0 aliphatic rings. The number of anilines is 1. The largest absolute Gasteiger partial charge is 0.435 e. The third-order valence-electron chi connectivity index (χ3n) is 2.31. The molecule has 0 amide bonds. The molecule has 1 aromatic carbocycles. The standard InChI is InChI=1S/C11H10F2IN3O/c12-11(13)18-8-3-1-7(2-4-8)6-17-10(15)9(14)5-16-17/h1-5,11H,6,15H2. The number of alkyl halides is 2. The summed E-state index contributed by atoms with van der Waals surface area (Å²) in [5.74, 6) is 0.722. The summed E-state index contributed by atoms with van der Waals surface area (Å²) < 4.78 is 30.7. The van der Waals surface area contributed by atoms with Crippen LogP contribution in [0.3, 0.4) is 0 Å². The van der Waals surface area contributed by atoms with E-state index in [9.17, 15) is 8.78 Å². The fourth-order valence-corrected chi connectivity index (χ4v) is 1.85. The number of nitrogens with zero attached hydrogens (tertiary/aromatic N) is 2. The molecule has 1 aromatic heterocycles. The summed E-state index contributed by atoms with van der Waals surface area (Å²) in [6.45, 7) is -2.32. The molecule has 0 spiro atoms. The van der Waals surface area contributed by atoms with Crippen molar-refractivity contribution < 1.29 is 13.5 Å². The van der Waals surface area contributed by atoms with E-state index >= 15 is 0 Å². The third-order valence-corrected chi connectivity index (χ3v) is 3.15. The molecule has 0 saturated carbocycles. The van der Waals surface area contributed by atoms with E-state index in [0.717, 1.165) is 9.13 Å². The summed E-state index contributed by atoms with van der Waals surface area (Å²) in [6, 6.07) is 6.38. The van der Waals surface area contributed by atoms with Crippen molar-refractivity contribution in [3.05, 3.63) is 39.6 Å². The van der Waals surface area contributed by atoms with Gasteiger partial charge in [-0.15, -0.1) is 0 Å². The van der Waals surface area contributed by atoms with Gasteiger partial charge in [-0.1, -0.05) is 12.1 Å². The minimum Gasteiger partial charge on any atom is -0.435 e. The number of nitrogen functional groups attached to an aromatic ring is 1. The molecule has 1 heterocycles. The zero-order chi connectivity index (χ0) is 13.1. The number of nitrogens with two attached hydrogens (primary N) is 1. The van der Waals surface area contributed by atoms with Crippen molar-refractivity contribution in [2.75, 3.05) is 5.73 Å². The monoisotopic (exact) mass is 365 g/mol. The zero-order valence-corrected chi connectivity index (χ0v) is 11.3. The first-order valence-corrected chi connectivity index (χ1v) is 6.14. The Bertz CT molecular complexity index is 528. The summed E-state index contributed by atoms with van der Waals surface area (Å²) in [5.41, 5.74) is 6.72. The number of hydrogen-bond acceptors (Lipinski definition) is 3. The maximum absolute atomic E-state index is 12.0. The molecule has 0 aliphatic heterocycles. The van der Waals surface area contributed by atoms with Crippen molar-refractivity contribution >= 4 is 28.4 Å². The Hall–Kier alpha value is -1.38. The fraction of sp³-hybridized carbons (Fsp3) is 0.182. The molecule has 0 fully saturated rings. The summed E-state index contributed by atoms with van der Waals surface area (Å²) in [6.07, 6.45) is 1.67. The second-order valence-corrected chi connectivity index (χ2v) is 4.72. The number of ether oxygens (including phenoxy) is 1. The zero-order valence-electron chi connectivity index (χ0n) is 9.19. The van der Waals surface area contributed by atoms with Crippen molar-refractivity contribution in [2.24, 2.45) is 0 Å². The molecule has 0 unspecified atom stereocenters. The van der Waals surface area contributed by atoms with Gasteiger partial charge in [0.15, 0.2) is 0 Å². The maximum atomic E-state index is 12.0. The summed E-state index contributed by atoms with van der Waals surface area (Å²) >= 11 is 2.09. The summed E-state index contributed by atoms with van der Waals surface area (Å²) in [4.78, 5) is 0. The van der Waals surface area contributed by atoms with Crippen molar-refractivity contribution in [3.8, 4) is 5.75 Å². The van der Waals surface area contributed by atoms with Crippen LogP contribution in [0.25, 0.3) is 0 Å². The Morgan fingerprint density at radius 2 is 2.00 bits per heavy atom. The van der Waals surface area contributed by atoms with E-state index in [1.165, 1.54) is 12.1 Å². The van der Waals surface area contributed by atoms with Crippen LogP contribution in [0.4, 0.5) is 14.6 Å². The van der Waals surface area contributed by atoms with Crippen LogP contribution >= 0.6 is 22.6 Å². The Morgan fingerprint density at radius 3 is 2.50 bits per heavy atom. The molecule has 18 heavy (non-hydrogen) atoms.